The third kappa shape index (κ3) is 6.00. The molecule has 31 heavy (non-hydrogen) atoms. The quantitative estimate of drug-likeness (QED) is 0.343. The molecule has 8 nitrogen and oxygen atoms in total. The molecule has 0 aromatic heterocycles. The van der Waals surface area contributed by atoms with E-state index < -0.39 is 23.7 Å². The van der Waals surface area contributed by atoms with Crippen LogP contribution in [0.25, 0.3) is 0 Å². The lowest BCUT2D eigenvalue weighted by molar-refractivity contribution is -0.148. The molecule has 3 unspecified atom stereocenters. The molecule has 3 rings (SSSR count). The molecule has 0 radical (unpaired) electrons. The van der Waals surface area contributed by atoms with Gasteiger partial charge in [-0.2, -0.15) is 0 Å². The number of amides is 1. The Morgan fingerprint density at radius 1 is 1.23 bits per heavy atom. The van der Waals surface area contributed by atoms with Crippen LogP contribution in [0.4, 0.5) is 0 Å². The number of nitrogens with zero attached hydrogens (tertiary/aromatic N) is 2. The van der Waals surface area contributed by atoms with Gasteiger partial charge < -0.3 is 15.4 Å². The SMILES string of the molecule is CN1C(=NNC(=O)C(=O)C(C(=O)C2CCCCC2)C2CCOCC2N)SCC1(C)C.Cl. The second-order valence-corrected chi connectivity index (χ2v) is 10.2. The molecule has 3 fully saturated rings. The molecule has 2 saturated heterocycles. The molecule has 2 heterocycles. The van der Waals surface area contributed by atoms with Crippen LogP contribution in [0.3, 0.4) is 0 Å². The molecule has 3 atom stereocenters. The number of Topliss-reactive ketones (excluding diaryl/α,β-unsaturated/α-hetero) is 2. The number of amidine groups is 1. The van der Waals surface area contributed by atoms with E-state index in [9.17, 15) is 14.4 Å². The molecule has 3 aliphatic rings. The monoisotopic (exact) mass is 474 g/mol. The van der Waals surface area contributed by atoms with E-state index in [0.29, 0.717) is 24.8 Å². The van der Waals surface area contributed by atoms with Crippen LogP contribution < -0.4 is 11.2 Å². The fourth-order valence-corrected chi connectivity index (χ4v) is 5.69. The van der Waals surface area contributed by atoms with E-state index in [1.165, 1.54) is 11.8 Å². The predicted molar refractivity (Wildman–Crippen MR) is 124 cm³/mol. The van der Waals surface area contributed by atoms with Gasteiger partial charge in [-0.1, -0.05) is 31.0 Å². The Hall–Kier alpha value is -1.16. The average molecular weight is 475 g/mol. The lowest BCUT2D eigenvalue weighted by atomic mass is 9.72. The van der Waals surface area contributed by atoms with Gasteiger partial charge in [0.15, 0.2) is 5.17 Å². The lowest BCUT2D eigenvalue weighted by Gasteiger charge is -2.35. The summed E-state index contributed by atoms with van der Waals surface area (Å²) < 4.78 is 5.40. The number of hydrogen-bond donors (Lipinski definition) is 2. The Labute approximate surface area is 194 Å². The van der Waals surface area contributed by atoms with Crippen molar-refractivity contribution >= 4 is 46.8 Å². The highest BCUT2D eigenvalue weighted by molar-refractivity contribution is 8.14. The Balaban J connectivity index is 0.00000341. The molecule has 1 saturated carbocycles. The van der Waals surface area contributed by atoms with Crippen molar-refractivity contribution in [3.63, 3.8) is 0 Å². The highest BCUT2D eigenvalue weighted by atomic mass is 35.5. The van der Waals surface area contributed by atoms with Gasteiger partial charge in [0, 0.05) is 36.9 Å². The van der Waals surface area contributed by atoms with Gasteiger partial charge in [-0.05, 0) is 39.0 Å². The molecule has 0 aromatic rings. The van der Waals surface area contributed by atoms with Gasteiger partial charge in [0.2, 0.25) is 5.78 Å². The number of halogens is 1. The van der Waals surface area contributed by atoms with Crippen molar-refractivity contribution in [2.75, 3.05) is 26.0 Å². The standard InChI is InChI=1S/C21H34N4O4S.ClH/c1-21(2)12-30-20(25(21)3)24-23-19(28)18(27)16(14-9-10-29-11-15(14)22)17(26)13-7-5-4-6-8-13;/h13-16H,4-12,22H2,1-3H3,(H,23,28);1H. The van der Waals surface area contributed by atoms with Crippen LogP contribution in [0.5, 0.6) is 0 Å². The first-order valence-electron chi connectivity index (χ1n) is 10.9. The van der Waals surface area contributed by atoms with E-state index in [0.717, 1.165) is 37.9 Å². The van der Waals surface area contributed by atoms with Crippen LogP contribution in [0, 0.1) is 17.8 Å². The number of nitrogens with two attached hydrogens (primary N) is 1. The van der Waals surface area contributed by atoms with Crippen LogP contribution in [0.2, 0.25) is 0 Å². The number of ketones is 2. The lowest BCUT2D eigenvalue weighted by Crippen LogP contribution is -2.51. The minimum Gasteiger partial charge on any atom is -0.380 e. The summed E-state index contributed by atoms with van der Waals surface area (Å²) in [6.07, 6.45) is 5.14. The van der Waals surface area contributed by atoms with Crippen LogP contribution in [-0.4, -0.2) is 65.1 Å². The van der Waals surface area contributed by atoms with E-state index in [1.807, 2.05) is 11.9 Å². The van der Waals surface area contributed by atoms with Crippen molar-refractivity contribution in [1.82, 2.24) is 10.3 Å². The van der Waals surface area contributed by atoms with Gasteiger partial charge in [-0.25, -0.2) is 5.43 Å². The first-order chi connectivity index (χ1) is 14.2. The third-order valence-electron chi connectivity index (χ3n) is 6.71. The highest BCUT2D eigenvalue weighted by Gasteiger charge is 2.44. The summed E-state index contributed by atoms with van der Waals surface area (Å²) in [5.74, 6) is -2.40. The Bertz CT molecular complexity index is 711. The van der Waals surface area contributed by atoms with Crippen molar-refractivity contribution in [2.45, 2.75) is 64.0 Å². The number of hydrogen-bond acceptors (Lipinski definition) is 7. The second kappa shape index (κ2) is 11.1. The number of nitrogens with one attached hydrogen (secondary N) is 1. The van der Waals surface area contributed by atoms with Crippen LogP contribution in [0.1, 0.15) is 52.4 Å². The number of rotatable bonds is 6. The highest BCUT2D eigenvalue weighted by Crippen LogP contribution is 2.33. The van der Waals surface area contributed by atoms with Crippen molar-refractivity contribution in [3.8, 4) is 0 Å². The smallest absolute Gasteiger partial charge is 0.308 e. The molecule has 0 bridgehead atoms. The first kappa shape index (κ1) is 26.1. The Morgan fingerprint density at radius 3 is 2.48 bits per heavy atom. The van der Waals surface area contributed by atoms with Gasteiger partial charge >= 0.3 is 5.91 Å². The summed E-state index contributed by atoms with van der Waals surface area (Å²) in [5.41, 5.74) is 8.53. The van der Waals surface area contributed by atoms with Gasteiger partial charge in [0.25, 0.3) is 0 Å². The molecule has 176 valence electrons. The molecular weight excluding hydrogens is 440 g/mol. The summed E-state index contributed by atoms with van der Waals surface area (Å²) in [5, 5.41) is 4.81. The van der Waals surface area contributed by atoms with E-state index in [4.69, 9.17) is 10.5 Å². The molecular formula is C21H35ClN4O4S. The number of hydrazone groups is 1. The zero-order valence-corrected chi connectivity index (χ0v) is 20.2. The maximum Gasteiger partial charge on any atom is 0.308 e. The Morgan fingerprint density at radius 2 is 1.90 bits per heavy atom. The predicted octanol–water partition coefficient (Wildman–Crippen LogP) is 1.95. The molecule has 0 spiro atoms. The fraction of sp³-hybridized carbons (Fsp3) is 0.810. The molecule has 1 amide bonds. The maximum absolute atomic E-state index is 13.3. The van der Waals surface area contributed by atoms with E-state index in [1.54, 1.807) is 0 Å². The number of ether oxygens (including phenoxy) is 1. The summed E-state index contributed by atoms with van der Waals surface area (Å²) in [6, 6.07) is -0.434. The van der Waals surface area contributed by atoms with Crippen molar-refractivity contribution in [2.24, 2.45) is 28.6 Å². The van der Waals surface area contributed by atoms with Gasteiger partial charge in [0.1, 0.15) is 5.78 Å². The number of carbonyl (C=O) groups excluding carboxylic acids is 3. The summed E-state index contributed by atoms with van der Waals surface area (Å²) in [4.78, 5) is 41.2. The number of carbonyl (C=O) groups is 3. The summed E-state index contributed by atoms with van der Waals surface area (Å²) >= 11 is 1.52. The van der Waals surface area contributed by atoms with Gasteiger partial charge in [0.05, 0.1) is 12.5 Å². The number of thioether (sulfide) groups is 1. The van der Waals surface area contributed by atoms with E-state index in [2.05, 4.69) is 24.4 Å². The van der Waals surface area contributed by atoms with E-state index >= 15 is 0 Å². The molecule has 3 N–H and O–H groups in total. The van der Waals surface area contributed by atoms with Crippen molar-refractivity contribution in [3.05, 3.63) is 0 Å². The zero-order valence-electron chi connectivity index (χ0n) is 18.6. The van der Waals surface area contributed by atoms with E-state index in [-0.39, 0.29) is 35.6 Å². The molecule has 0 aromatic carbocycles. The maximum atomic E-state index is 13.3. The minimum absolute atomic E-state index is 0. The third-order valence-corrected chi connectivity index (χ3v) is 8.18. The largest absolute Gasteiger partial charge is 0.380 e. The molecule has 10 heteroatoms. The topological polar surface area (TPSA) is 114 Å². The normalized spacial score (nSPS) is 28.6. The van der Waals surface area contributed by atoms with Crippen LogP contribution >= 0.6 is 24.2 Å². The van der Waals surface area contributed by atoms with Gasteiger partial charge in [-0.15, -0.1) is 17.5 Å². The van der Waals surface area contributed by atoms with Crippen molar-refractivity contribution < 1.29 is 19.1 Å². The van der Waals surface area contributed by atoms with Crippen LogP contribution in [0.15, 0.2) is 5.10 Å². The minimum atomic E-state index is -1.02. The fourth-order valence-electron chi connectivity index (χ4n) is 4.46. The van der Waals surface area contributed by atoms with Crippen molar-refractivity contribution in [1.29, 1.82) is 0 Å². The summed E-state index contributed by atoms with van der Waals surface area (Å²) in [7, 11) is 1.91. The molecule has 1 aliphatic carbocycles. The zero-order chi connectivity index (χ0) is 21.9. The molecule has 2 aliphatic heterocycles. The van der Waals surface area contributed by atoms with Gasteiger partial charge in [-0.3, -0.25) is 14.4 Å². The summed E-state index contributed by atoms with van der Waals surface area (Å²) in [6.45, 7) is 4.91. The Kier molecular flexibility index (Phi) is 9.36. The van der Waals surface area contributed by atoms with Crippen LogP contribution in [-0.2, 0) is 19.1 Å². The first-order valence-corrected chi connectivity index (χ1v) is 11.9. The average Bonchev–Trinajstić information content (AvgIpc) is 3.00. The second-order valence-electron chi connectivity index (χ2n) is 9.27.